The highest BCUT2D eigenvalue weighted by Crippen LogP contribution is 2.17. The fourth-order valence-electron chi connectivity index (χ4n) is 2.24. The first kappa shape index (κ1) is 15.6. The zero-order valence-corrected chi connectivity index (χ0v) is 12.1. The molecule has 0 aliphatic carbocycles. The molecule has 0 saturated carbocycles. The van der Waals surface area contributed by atoms with Crippen molar-refractivity contribution in [3.05, 3.63) is 29.8 Å². The molecule has 1 fully saturated rings. The van der Waals surface area contributed by atoms with Crippen LogP contribution in [0.1, 0.15) is 37.7 Å². The van der Waals surface area contributed by atoms with E-state index in [1.54, 1.807) is 0 Å². The molecule has 0 spiro atoms. The zero-order valence-electron chi connectivity index (χ0n) is 12.1. The number of anilines is 1. The summed E-state index contributed by atoms with van der Waals surface area (Å²) in [6.07, 6.45) is 4.17. The number of rotatable bonds is 5. The largest absolute Gasteiger partial charge is 0.395 e. The third-order valence-electron chi connectivity index (χ3n) is 3.36. The summed E-state index contributed by atoms with van der Waals surface area (Å²) in [7, 11) is 0. The van der Waals surface area contributed by atoms with Gasteiger partial charge in [0.05, 0.1) is 12.7 Å². The maximum atomic E-state index is 11.8. The smallest absolute Gasteiger partial charge is 0.224 e. The average Bonchev–Trinajstić information content (AvgIpc) is 3.01. The second-order valence-corrected chi connectivity index (χ2v) is 5.07. The van der Waals surface area contributed by atoms with Gasteiger partial charge in [0.15, 0.2) is 0 Å². The standard InChI is InChI=1S/C17H21NO3/c19-12-2-1-4-14-6-8-15(9-7-14)18-17(20)11-10-16-5-3-13-21-16/h6-9,16,19H,2-3,5,10-13H2,(H,18,20). The van der Waals surface area contributed by atoms with Crippen LogP contribution in [0.2, 0.25) is 0 Å². The summed E-state index contributed by atoms with van der Waals surface area (Å²) in [5.41, 5.74) is 1.65. The fraction of sp³-hybridized carbons (Fsp3) is 0.471. The highest BCUT2D eigenvalue weighted by Gasteiger charge is 2.16. The van der Waals surface area contributed by atoms with E-state index in [0.717, 1.165) is 37.1 Å². The number of amides is 1. The molecule has 112 valence electrons. The van der Waals surface area contributed by atoms with E-state index in [2.05, 4.69) is 17.2 Å². The predicted molar refractivity (Wildman–Crippen MR) is 81.9 cm³/mol. The number of nitrogens with one attached hydrogen (secondary N) is 1. The molecule has 1 amide bonds. The van der Waals surface area contributed by atoms with Crippen LogP contribution in [0.4, 0.5) is 5.69 Å². The minimum absolute atomic E-state index is 0.0182. The Labute approximate surface area is 125 Å². The van der Waals surface area contributed by atoms with Gasteiger partial charge in [0, 0.05) is 30.7 Å². The van der Waals surface area contributed by atoms with Crippen LogP contribution in [0, 0.1) is 11.8 Å². The second kappa shape index (κ2) is 8.46. The Morgan fingerprint density at radius 2 is 2.19 bits per heavy atom. The van der Waals surface area contributed by atoms with Crippen molar-refractivity contribution in [1.82, 2.24) is 0 Å². The van der Waals surface area contributed by atoms with E-state index in [9.17, 15) is 4.79 Å². The Hall–Kier alpha value is -1.83. The second-order valence-electron chi connectivity index (χ2n) is 5.07. The number of carbonyl (C=O) groups is 1. The molecular weight excluding hydrogens is 266 g/mol. The lowest BCUT2D eigenvalue weighted by molar-refractivity contribution is -0.116. The SMILES string of the molecule is O=C(CCC1CCCO1)Nc1ccc(C#CCCO)cc1. The third kappa shape index (κ3) is 5.58. The number of benzene rings is 1. The van der Waals surface area contributed by atoms with Crippen LogP contribution < -0.4 is 5.32 Å². The molecule has 1 aliphatic heterocycles. The van der Waals surface area contributed by atoms with Gasteiger partial charge in [-0.15, -0.1) is 0 Å². The topological polar surface area (TPSA) is 58.6 Å². The van der Waals surface area contributed by atoms with Crippen molar-refractivity contribution in [1.29, 1.82) is 0 Å². The monoisotopic (exact) mass is 287 g/mol. The van der Waals surface area contributed by atoms with Crippen molar-refractivity contribution >= 4 is 11.6 Å². The number of hydrogen-bond donors (Lipinski definition) is 2. The molecule has 1 atom stereocenters. The fourth-order valence-corrected chi connectivity index (χ4v) is 2.24. The minimum atomic E-state index is 0.0182. The molecule has 2 N–H and O–H groups in total. The number of carbonyl (C=O) groups excluding carboxylic acids is 1. The van der Waals surface area contributed by atoms with Crippen LogP contribution in [-0.4, -0.2) is 30.3 Å². The molecule has 2 rings (SSSR count). The van der Waals surface area contributed by atoms with Gasteiger partial charge >= 0.3 is 0 Å². The zero-order chi connectivity index (χ0) is 14.9. The van der Waals surface area contributed by atoms with E-state index < -0.39 is 0 Å². The van der Waals surface area contributed by atoms with Gasteiger partial charge in [-0.05, 0) is 43.5 Å². The van der Waals surface area contributed by atoms with Gasteiger partial charge in [0.2, 0.25) is 5.91 Å². The van der Waals surface area contributed by atoms with E-state index in [-0.39, 0.29) is 18.6 Å². The third-order valence-corrected chi connectivity index (χ3v) is 3.36. The molecule has 0 bridgehead atoms. The summed E-state index contributed by atoms with van der Waals surface area (Å²) in [6, 6.07) is 7.40. The summed E-state index contributed by atoms with van der Waals surface area (Å²) in [5, 5.41) is 11.5. The van der Waals surface area contributed by atoms with E-state index in [4.69, 9.17) is 9.84 Å². The molecule has 21 heavy (non-hydrogen) atoms. The van der Waals surface area contributed by atoms with E-state index in [1.807, 2.05) is 24.3 Å². The molecule has 1 heterocycles. The van der Waals surface area contributed by atoms with Gasteiger partial charge in [-0.1, -0.05) is 11.8 Å². The Morgan fingerprint density at radius 1 is 1.38 bits per heavy atom. The summed E-state index contributed by atoms with van der Waals surface area (Å²) in [4.78, 5) is 11.8. The van der Waals surface area contributed by atoms with E-state index >= 15 is 0 Å². The number of hydrogen-bond acceptors (Lipinski definition) is 3. The van der Waals surface area contributed by atoms with Crippen molar-refractivity contribution in [3.63, 3.8) is 0 Å². The van der Waals surface area contributed by atoms with E-state index in [1.165, 1.54) is 0 Å². The number of aliphatic hydroxyl groups is 1. The quantitative estimate of drug-likeness (QED) is 0.817. The molecule has 4 heteroatoms. The average molecular weight is 287 g/mol. The lowest BCUT2D eigenvalue weighted by atomic mass is 10.1. The van der Waals surface area contributed by atoms with Crippen LogP contribution in [0.3, 0.4) is 0 Å². The van der Waals surface area contributed by atoms with Crippen molar-refractivity contribution in [2.45, 2.75) is 38.2 Å². The molecular formula is C17H21NO3. The summed E-state index contributed by atoms with van der Waals surface area (Å²) >= 11 is 0. The van der Waals surface area contributed by atoms with Crippen LogP contribution >= 0.6 is 0 Å². The first-order valence-electron chi connectivity index (χ1n) is 7.39. The minimum Gasteiger partial charge on any atom is -0.395 e. The first-order chi connectivity index (χ1) is 10.3. The lowest BCUT2D eigenvalue weighted by Gasteiger charge is -2.09. The molecule has 0 aromatic heterocycles. The molecule has 1 aliphatic rings. The lowest BCUT2D eigenvalue weighted by Crippen LogP contribution is -2.15. The highest BCUT2D eigenvalue weighted by atomic mass is 16.5. The van der Waals surface area contributed by atoms with Crippen LogP contribution in [0.5, 0.6) is 0 Å². The van der Waals surface area contributed by atoms with Gasteiger partial charge in [0.25, 0.3) is 0 Å². The van der Waals surface area contributed by atoms with Crippen molar-refractivity contribution in [2.24, 2.45) is 0 Å². The maximum absolute atomic E-state index is 11.8. The number of ether oxygens (including phenoxy) is 1. The molecule has 1 saturated heterocycles. The van der Waals surface area contributed by atoms with Crippen molar-refractivity contribution in [3.8, 4) is 11.8 Å². The van der Waals surface area contributed by atoms with Gasteiger partial charge in [-0.2, -0.15) is 0 Å². The predicted octanol–water partition coefficient (Wildman–Crippen LogP) is 2.32. The Bertz CT molecular complexity index is 507. The Morgan fingerprint density at radius 3 is 2.86 bits per heavy atom. The summed E-state index contributed by atoms with van der Waals surface area (Å²) in [5.74, 6) is 5.83. The molecule has 1 aromatic carbocycles. The van der Waals surface area contributed by atoms with Gasteiger partial charge in [-0.25, -0.2) is 0 Å². The maximum Gasteiger partial charge on any atom is 0.224 e. The van der Waals surface area contributed by atoms with Gasteiger partial charge < -0.3 is 15.2 Å². The molecule has 0 radical (unpaired) electrons. The molecule has 1 aromatic rings. The van der Waals surface area contributed by atoms with Crippen molar-refractivity contribution in [2.75, 3.05) is 18.5 Å². The normalized spacial score (nSPS) is 17.1. The van der Waals surface area contributed by atoms with Gasteiger partial charge in [0.1, 0.15) is 0 Å². The summed E-state index contributed by atoms with van der Waals surface area (Å²) in [6.45, 7) is 0.900. The molecule has 1 unspecified atom stereocenters. The Kier molecular flexibility index (Phi) is 6.26. The summed E-state index contributed by atoms with van der Waals surface area (Å²) < 4.78 is 5.50. The highest BCUT2D eigenvalue weighted by molar-refractivity contribution is 5.90. The Balaban J connectivity index is 1.77. The van der Waals surface area contributed by atoms with Crippen LogP contribution in [0.15, 0.2) is 24.3 Å². The molecule has 4 nitrogen and oxygen atoms in total. The first-order valence-corrected chi connectivity index (χ1v) is 7.39. The van der Waals surface area contributed by atoms with Gasteiger partial charge in [-0.3, -0.25) is 4.79 Å². The van der Waals surface area contributed by atoms with E-state index in [0.29, 0.717) is 12.8 Å². The van der Waals surface area contributed by atoms with Crippen molar-refractivity contribution < 1.29 is 14.6 Å². The number of aliphatic hydroxyl groups excluding tert-OH is 1. The van der Waals surface area contributed by atoms with Crippen LogP contribution in [0.25, 0.3) is 0 Å². The van der Waals surface area contributed by atoms with Crippen LogP contribution in [-0.2, 0) is 9.53 Å².